The van der Waals surface area contributed by atoms with Gasteiger partial charge in [0, 0.05) is 26.2 Å². The average Bonchev–Trinajstić information content (AvgIpc) is 3.00. The van der Waals surface area contributed by atoms with Crippen molar-refractivity contribution in [3.8, 4) is 11.8 Å². The third-order valence-electron chi connectivity index (χ3n) is 3.98. The number of hydrogen-bond acceptors (Lipinski definition) is 4. The maximum Gasteiger partial charge on any atom is 0.263 e. The van der Waals surface area contributed by atoms with Crippen LogP contribution in [0, 0.1) is 11.8 Å². The number of piperidine rings is 1. The predicted octanol–water partition coefficient (Wildman–Crippen LogP) is 1.65. The molecular formula is C16H22N2O2S. The lowest BCUT2D eigenvalue weighted by molar-refractivity contribution is 0.0651. The number of aliphatic hydroxyl groups is 1. The minimum atomic E-state index is -0.156. The van der Waals surface area contributed by atoms with Gasteiger partial charge in [-0.05, 0) is 31.5 Å². The minimum absolute atomic E-state index is 0.0759. The first-order valence-corrected chi connectivity index (χ1v) is 8.16. The van der Waals surface area contributed by atoms with Crippen LogP contribution in [0.2, 0.25) is 0 Å². The number of carbonyl (C=O) groups is 1. The molecular weight excluding hydrogens is 284 g/mol. The molecule has 21 heavy (non-hydrogen) atoms. The molecule has 1 saturated heterocycles. The maximum absolute atomic E-state index is 12.5. The Bertz CT molecular complexity index is 536. The molecule has 5 heteroatoms. The molecule has 0 aromatic carbocycles. The van der Waals surface area contributed by atoms with Crippen molar-refractivity contribution in [3.05, 3.63) is 21.9 Å². The van der Waals surface area contributed by atoms with Crippen molar-refractivity contribution in [2.75, 3.05) is 33.3 Å². The van der Waals surface area contributed by atoms with E-state index < -0.39 is 0 Å². The van der Waals surface area contributed by atoms with E-state index in [-0.39, 0.29) is 12.5 Å². The Morgan fingerprint density at radius 3 is 2.81 bits per heavy atom. The lowest BCUT2D eigenvalue weighted by Crippen LogP contribution is -2.45. The summed E-state index contributed by atoms with van der Waals surface area (Å²) in [5.74, 6) is 5.52. The second kappa shape index (κ2) is 7.60. The Labute approximate surface area is 130 Å². The SMILES string of the molecule is CCN1CCC(N(C)C(=O)c2ccc(C#CCO)s2)CC1. The van der Waals surface area contributed by atoms with Gasteiger partial charge in [0.2, 0.25) is 0 Å². The van der Waals surface area contributed by atoms with Crippen LogP contribution in [0.15, 0.2) is 12.1 Å². The summed E-state index contributed by atoms with van der Waals surface area (Å²) >= 11 is 1.39. The van der Waals surface area contributed by atoms with E-state index in [0.29, 0.717) is 6.04 Å². The molecule has 0 saturated carbocycles. The monoisotopic (exact) mass is 306 g/mol. The van der Waals surface area contributed by atoms with Crippen molar-refractivity contribution in [3.63, 3.8) is 0 Å². The van der Waals surface area contributed by atoms with E-state index in [1.54, 1.807) is 0 Å². The Balaban J connectivity index is 1.97. The number of carbonyl (C=O) groups excluding carboxylic acids is 1. The van der Waals surface area contributed by atoms with Crippen LogP contribution in [-0.2, 0) is 0 Å². The van der Waals surface area contributed by atoms with Gasteiger partial charge in [0.25, 0.3) is 5.91 Å². The normalized spacial score (nSPS) is 16.3. The van der Waals surface area contributed by atoms with Gasteiger partial charge in [0.1, 0.15) is 6.61 Å². The van der Waals surface area contributed by atoms with Crippen LogP contribution in [0.25, 0.3) is 0 Å². The molecule has 1 amide bonds. The van der Waals surface area contributed by atoms with Crippen LogP contribution in [0.3, 0.4) is 0 Å². The van der Waals surface area contributed by atoms with Gasteiger partial charge >= 0.3 is 0 Å². The van der Waals surface area contributed by atoms with Gasteiger partial charge in [0.15, 0.2) is 0 Å². The summed E-state index contributed by atoms with van der Waals surface area (Å²) in [6.07, 6.45) is 2.08. The molecule has 0 bridgehead atoms. The zero-order chi connectivity index (χ0) is 15.2. The molecule has 0 aliphatic carbocycles. The van der Waals surface area contributed by atoms with E-state index in [2.05, 4.69) is 23.7 Å². The summed E-state index contributed by atoms with van der Waals surface area (Å²) in [6.45, 7) is 5.24. The van der Waals surface area contributed by atoms with Gasteiger partial charge in [-0.25, -0.2) is 0 Å². The smallest absolute Gasteiger partial charge is 0.263 e. The fraction of sp³-hybridized carbons (Fsp3) is 0.562. The molecule has 1 aromatic heterocycles. The molecule has 1 aliphatic rings. The standard InChI is InChI=1S/C16H22N2O2S/c1-3-18-10-8-13(9-11-18)17(2)16(20)15-7-6-14(21-15)5-4-12-19/h6-7,13,19H,3,8-12H2,1-2H3. The number of rotatable bonds is 3. The first-order valence-electron chi connectivity index (χ1n) is 7.34. The van der Waals surface area contributed by atoms with Crippen molar-refractivity contribution in [2.45, 2.75) is 25.8 Å². The third kappa shape index (κ3) is 4.07. The molecule has 0 spiro atoms. The number of nitrogens with zero attached hydrogens (tertiary/aromatic N) is 2. The topological polar surface area (TPSA) is 43.8 Å². The average molecular weight is 306 g/mol. The fourth-order valence-corrected chi connectivity index (χ4v) is 3.47. The van der Waals surface area contributed by atoms with E-state index >= 15 is 0 Å². The molecule has 1 aromatic rings. The molecule has 4 nitrogen and oxygen atoms in total. The van der Waals surface area contributed by atoms with E-state index in [1.165, 1.54) is 11.3 Å². The van der Waals surface area contributed by atoms with Crippen LogP contribution in [0.5, 0.6) is 0 Å². The van der Waals surface area contributed by atoms with Gasteiger partial charge in [0.05, 0.1) is 9.75 Å². The van der Waals surface area contributed by atoms with Crippen molar-refractivity contribution in [1.29, 1.82) is 0 Å². The van der Waals surface area contributed by atoms with Gasteiger partial charge in [-0.1, -0.05) is 18.8 Å². The largest absolute Gasteiger partial charge is 0.384 e. The molecule has 2 heterocycles. The highest BCUT2D eigenvalue weighted by atomic mass is 32.1. The molecule has 2 rings (SSSR count). The first kappa shape index (κ1) is 16.0. The van der Waals surface area contributed by atoms with Crippen molar-refractivity contribution >= 4 is 17.2 Å². The Kier molecular flexibility index (Phi) is 5.80. The highest BCUT2D eigenvalue weighted by Crippen LogP contribution is 2.21. The number of thiophene rings is 1. The Hall–Kier alpha value is -1.35. The molecule has 0 unspecified atom stereocenters. The molecule has 0 radical (unpaired) electrons. The summed E-state index contributed by atoms with van der Waals surface area (Å²) in [5.41, 5.74) is 0. The van der Waals surface area contributed by atoms with Gasteiger partial charge in [-0.2, -0.15) is 0 Å². The van der Waals surface area contributed by atoms with Crippen LogP contribution in [0.4, 0.5) is 0 Å². The summed E-state index contributed by atoms with van der Waals surface area (Å²) in [7, 11) is 1.90. The molecule has 114 valence electrons. The van der Waals surface area contributed by atoms with Crippen molar-refractivity contribution in [1.82, 2.24) is 9.80 Å². The molecule has 1 fully saturated rings. The Morgan fingerprint density at radius 2 is 2.19 bits per heavy atom. The van der Waals surface area contributed by atoms with E-state index in [4.69, 9.17) is 5.11 Å². The summed E-state index contributed by atoms with van der Waals surface area (Å²) in [5, 5.41) is 8.70. The van der Waals surface area contributed by atoms with Crippen molar-refractivity contribution < 1.29 is 9.90 Å². The quantitative estimate of drug-likeness (QED) is 0.864. The number of likely N-dealkylation sites (tertiary alicyclic amines) is 1. The highest BCUT2D eigenvalue weighted by molar-refractivity contribution is 7.14. The second-order valence-electron chi connectivity index (χ2n) is 5.21. The summed E-state index contributed by atoms with van der Waals surface area (Å²) in [6, 6.07) is 3.99. The van der Waals surface area contributed by atoms with E-state index in [9.17, 15) is 4.79 Å². The number of aliphatic hydroxyl groups excluding tert-OH is 1. The predicted molar refractivity (Wildman–Crippen MR) is 85.5 cm³/mol. The lowest BCUT2D eigenvalue weighted by atomic mass is 10.0. The molecule has 1 aliphatic heterocycles. The van der Waals surface area contributed by atoms with Crippen LogP contribution in [-0.4, -0.2) is 60.1 Å². The third-order valence-corrected chi connectivity index (χ3v) is 4.97. The minimum Gasteiger partial charge on any atom is -0.384 e. The molecule has 1 N–H and O–H groups in total. The maximum atomic E-state index is 12.5. The van der Waals surface area contributed by atoms with Gasteiger partial charge < -0.3 is 14.9 Å². The van der Waals surface area contributed by atoms with Crippen LogP contribution in [0.1, 0.15) is 34.3 Å². The van der Waals surface area contributed by atoms with Gasteiger partial charge in [-0.15, -0.1) is 11.3 Å². The first-order chi connectivity index (χ1) is 10.2. The zero-order valence-electron chi connectivity index (χ0n) is 12.6. The summed E-state index contributed by atoms with van der Waals surface area (Å²) in [4.78, 5) is 18.3. The molecule has 0 atom stereocenters. The van der Waals surface area contributed by atoms with Gasteiger partial charge in [-0.3, -0.25) is 4.79 Å². The van der Waals surface area contributed by atoms with E-state index in [0.717, 1.165) is 42.2 Å². The van der Waals surface area contributed by atoms with Crippen molar-refractivity contribution in [2.24, 2.45) is 0 Å². The fourth-order valence-electron chi connectivity index (χ4n) is 2.61. The zero-order valence-corrected chi connectivity index (χ0v) is 13.4. The Morgan fingerprint density at radius 1 is 1.48 bits per heavy atom. The van der Waals surface area contributed by atoms with Crippen LogP contribution >= 0.6 is 11.3 Å². The second-order valence-corrected chi connectivity index (χ2v) is 6.29. The summed E-state index contributed by atoms with van der Waals surface area (Å²) < 4.78 is 0. The van der Waals surface area contributed by atoms with Crippen LogP contribution < -0.4 is 0 Å². The number of hydrogen-bond donors (Lipinski definition) is 1. The number of amides is 1. The highest BCUT2D eigenvalue weighted by Gasteiger charge is 2.26. The van der Waals surface area contributed by atoms with E-state index in [1.807, 2.05) is 24.1 Å². The lowest BCUT2D eigenvalue weighted by Gasteiger charge is -2.36.